The molecule has 2 N–H and O–H groups in total. The van der Waals surface area contributed by atoms with Crippen LogP contribution < -0.4 is 10.0 Å². The number of nitrogens with zero attached hydrogens (tertiary/aromatic N) is 1. The number of hydrogen-bond acceptors (Lipinski definition) is 4. The smallest absolute Gasteiger partial charge is 0.234 e. The van der Waals surface area contributed by atoms with Gasteiger partial charge >= 0.3 is 0 Å². The van der Waals surface area contributed by atoms with Gasteiger partial charge in [-0.2, -0.15) is 0 Å². The number of rotatable bonds is 9. The average Bonchev–Trinajstić information content (AvgIpc) is 2.69. The van der Waals surface area contributed by atoms with Gasteiger partial charge in [0.2, 0.25) is 10.0 Å². The molecule has 0 saturated heterocycles. The zero-order valence-corrected chi connectivity index (χ0v) is 16.3. The molecular weight excluding hydrogens is 358 g/mol. The van der Waals surface area contributed by atoms with Crippen molar-refractivity contribution in [2.75, 3.05) is 22.3 Å². The van der Waals surface area contributed by atoms with Crippen LogP contribution in [0.5, 0.6) is 0 Å². The second-order valence-electron chi connectivity index (χ2n) is 6.87. The summed E-state index contributed by atoms with van der Waals surface area (Å²) in [6, 6.07) is 13.2. The van der Waals surface area contributed by atoms with Gasteiger partial charge in [-0.25, -0.2) is 13.4 Å². The fourth-order valence-corrected chi connectivity index (χ4v) is 4.21. The molecule has 0 radical (unpaired) electrons. The Labute approximate surface area is 162 Å². The van der Waals surface area contributed by atoms with E-state index in [9.17, 15) is 8.42 Å². The van der Waals surface area contributed by atoms with E-state index >= 15 is 0 Å². The van der Waals surface area contributed by atoms with Gasteiger partial charge in [0, 0.05) is 6.54 Å². The molecule has 3 rings (SSSR count). The first-order chi connectivity index (χ1) is 13.1. The van der Waals surface area contributed by atoms with Crippen molar-refractivity contribution >= 4 is 21.5 Å². The number of anilines is 2. The van der Waals surface area contributed by atoms with Crippen molar-refractivity contribution in [2.24, 2.45) is 0 Å². The highest BCUT2D eigenvalue weighted by Crippen LogP contribution is 2.20. The highest BCUT2D eigenvalue weighted by atomic mass is 32.2. The maximum Gasteiger partial charge on any atom is 0.234 e. The lowest BCUT2D eigenvalue weighted by atomic mass is 9.97. The van der Waals surface area contributed by atoms with Crippen LogP contribution in [0.2, 0.25) is 0 Å². The van der Waals surface area contributed by atoms with E-state index in [1.807, 2.05) is 36.4 Å². The Morgan fingerprint density at radius 1 is 1.00 bits per heavy atom. The number of sulfonamides is 1. The maximum absolute atomic E-state index is 12.2. The van der Waals surface area contributed by atoms with E-state index < -0.39 is 10.0 Å². The van der Waals surface area contributed by atoms with Gasteiger partial charge in [0.15, 0.2) is 0 Å². The molecule has 1 aromatic carbocycles. The summed E-state index contributed by atoms with van der Waals surface area (Å²) in [5.74, 6) is 0.386. The van der Waals surface area contributed by atoms with Gasteiger partial charge in [-0.05, 0) is 56.2 Å². The fraction of sp³-hybridized carbons (Fsp3) is 0.381. The second-order valence-corrected chi connectivity index (χ2v) is 8.72. The van der Waals surface area contributed by atoms with Crippen molar-refractivity contribution < 1.29 is 8.42 Å². The standard InChI is InChI=1S/C21H27N3O2S/c25-27(26,16-14-19-9-5-2-6-10-19)24-21-12-11-20(17-23-21)22-15-13-18-7-3-1-4-8-18/h2,5-7,9-12,17,22H,1,3-4,8,13-16H2,(H,23,24). The normalized spacial score (nSPS) is 14.4. The van der Waals surface area contributed by atoms with Crippen molar-refractivity contribution in [3.63, 3.8) is 0 Å². The van der Waals surface area contributed by atoms with E-state index in [4.69, 9.17) is 0 Å². The molecule has 0 unspecified atom stereocenters. The molecule has 0 fully saturated rings. The monoisotopic (exact) mass is 385 g/mol. The number of aryl methyl sites for hydroxylation is 1. The van der Waals surface area contributed by atoms with Crippen LogP contribution >= 0.6 is 0 Å². The van der Waals surface area contributed by atoms with E-state index in [2.05, 4.69) is 21.1 Å². The zero-order valence-electron chi connectivity index (χ0n) is 15.5. The lowest BCUT2D eigenvalue weighted by molar-refractivity contribution is 0.600. The van der Waals surface area contributed by atoms with Gasteiger partial charge in [0.05, 0.1) is 17.6 Å². The minimum atomic E-state index is -3.42. The van der Waals surface area contributed by atoms with Crippen LogP contribution in [0.25, 0.3) is 0 Å². The summed E-state index contributed by atoms with van der Waals surface area (Å²) in [5.41, 5.74) is 3.44. The number of allylic oxidation sites excluding steroid dienone is 1. The van der Waals surface area contributed by atoms with Gasteiger partial charge in [0.1, 0.15) is 5.82 Å². The van der Waals surface area contributed by atoms with Crippen LogP contribution in [-0.2, 0) is 16.4 Å². The largest absolute Gasteiger partial charge is 0.383 e. The fourth-order valence-electron chi connectivity index (χ4n) is 3.17. The number of hydrogen-bond donors (Lipinski definition) is 2. The molecule has 0 saturated carbocycles. The first-order valence-corrected chi connectivity index (χ1v) is 11.2. The van der Waals surface area contributed by atoms with E-state index in [1.165, 1.54) is 31.3 Å². The Balaban J connectivity index is 1.45. The molecular formula is C21H27N3O2S. The number of pyridine rings is 1. The van der Waals surface area contributed by atoms with E-state index in [1.54, 1.807) is 12.3 Å². The molecule has 5 nitrogen and oxygen atoms in total. The summed E-state index contributed by atoms with van der Waals surface area (Å²) >= 11 is 0. The topological polar surface area (TPSA) is 71.1 Å². The first-order valence-electron chi connectivity index (χ1n) is 9.53. The summed E-state index contributed by atoms with van der Waals surface area (Å²) in [6.07, 6.45) is 10.6. The molecule has 0 amide bonds. The Kier molecular flexibility index (Phi) is 6.87. The molecule has 1 aliphatic rings. The summed E-state index contributed by atoms with van der Waals surface area (Å²) in [6.45, 7) is 0.871. The van der Waals surface area contributed by atoms with Crippen molar-refractivity contribution in [1.82, 2.24) is 4.98 Å². The Hall–Kier alpha value is -2.34. The molecule has 2 aromatic rings. The molecule has 0 atom stereocenters. The van der Waals surface area contributed by atoms with E-state index in [0.29, 0.717) is 12.2 Å². The van der Waals surface area contributed by atoms with Gasteiger partial charge in [0.25, 0.3) is 0 Å². The lowest BCUT2D eigenvalue weighted by Crippen LogP contribution is -2.19. The summed E-state index contributed by atoms with van der Waals surface area (Å²) in [5, 5.41) is 3.35. The molecule has 0 aliphatic heterocycles. The van der Waals surface area contributed by atoms with Crippen LogP contribution in [0, 0.1) is 0 Å². The molecule has 0 spiro atoms. The Morgan fingerprint density at radius 3 is 2.56 bits per heavy atom. The molecule has 1 aromatic heterocycles. The van der Waals surface area contributed by atoms with Gasteiger partial charge < -0.3 is 5.32 Å². The summed E-state index contributed by atoms with van der Waals surface area (Å²) < 4.78 is 27.0. The summed E-state index contributed by atoms with van der Waals surface area (Å²) in [7, 11) is -3.42. The van der Waals surface area contributed by atoms with E-state index in [-0.39, 0.29) is 5.75 Å². The molecule has 6 heteroatoms. The third-order valence-corrected chi connectivity index (χ3v) is 5.95. The maximum atomic E-state index is 12.2. The van der Waals surface area contributed by atoms with E-state index in [0.717, 1.165) is 24.2 Å². The Bertz CT molecular complexity index is 847. The van der Waals surface area contributed by atoms with Crippen molar-refractivity contribution in [2.45, 2.75) is 38.5 Å². The number of benzene rings is 1. The van der Waals surface area contributed by atoms with Crippen molar-refractivity contribution in [1.29, 1.82) is 0 Å². The zero-order chi connectivity index (χ0) is 19.0. The van der Waals surface area contributed by atoms with Crippen LogP contribution in [0.15, 0.2) is 60.3 Å². The third kappa shape index (κ3) is 6.71. The lowest BCUT2D eigenvalue weighted by Gasteiger charge is -2.13. The first kappa shape index (κ1) is 19.4. The number of aromatic nitrogens is 1. The van der Waals surface area contributed by atoms with Crippen LogP contribution in [0.4, 0.5) is 11.5 Å². The molecule has 1 aliphatic carbocycles. The second kappa shape index (κ2) is 9.55. The summed E-state index contributed by atoms with van der Waals surface area (Å²) in [4.78, 5) is 4.22. The minimum Gasteiger partial charge on any atom is -0.383 e. The SMILES string of the molecule is O=S(=O)(CCc1ccccc1)Nc1ccc(NCCC2=CCCCC2)cn1. The van der Waals surface area contributed by atoms with Crippen molar-refractivity contribution in [3.05, 3.63) is 65.9 Å². The van der Waals surface area contributed by atoms with Gasteiger partial charge in [-0.15, -0.1) is 0 Å². The molecule has 144 valence electrons. The van der Waals surface area contributed by atoms with Crippen LogP contribution in [0.1, 0.15) is 37.7 Å². The number of nitrogens with one attached hydrogen (secondary N) is 2. The van der Waals surface area contributed by atoms with Crippen molar-refractivity contribution in [3.8, 4) is 0 Å². The average molecular weight is 386 g/mol. The van der Waals surface area contributed by atoms with Crippen LogP contribution in [-0.4, -0.2) is 25.7 Å². The van der Waals surface area contributed by atoms with Gasteiger partial charge in [-0.3, -0.25) is 4.72 Å². The van der Waals surface area contributed by atoms with Gasteiger partial charge in [-0.1, -0.05) is 42.0 Å². The Morgan fingerprint density at radius 2 is 1.85 bits per heavy atom. The molecule has 27 heavy (non-hydrogen) atoms. The van der Waals surface area contributed by atoms with Crippen LogP contribution in [0.3, 0.4) is 0 Å². The quantitative estimate of drug-likeness (QED) is 0.629. The minimum absolute atomic E-state index is 0.0355. The third-order valence-electron chi connectivity index (χ3n) is 4.69. The predicted molar refractivity (Wildman–Crippen MR) is 111 cm³/mol. The highest BCUT2D eigenvalue weighted by molar-refractivity contribution is 7.92. The molecule has 1 heterocycles. The highest BCUT2D eigenvalue weighted by Gasteiger charge is 2.11. The predicted octanol–water partition coefficient (Wildman–Crippen LogP) is 4.37. The molecule has 0 bridgehead atoms.